The van der Waals surface area contributed by atoms with Crippen molar-refractivity contribution in [1.82, 2.24) is 9.80 Å². The first-order valence-electron chi connectivity index (χ1n) is 7.30. The number of likely N-dealkylation sites (tertiary alicyclic amines) is 1. The van der Waals surface area contributed by atoms with Crippen LogP contribution in [0.3, 0.4) is 0 Å². The van der Waals surface area contributed by atoms with Gasteiger partial charge in [-0.25, -0.2) is 4.79 Å². The Morgan fingerprint density at radius 1 is 1.39 bits per heavy atom. The molecule has 2 rings (SSSR count). The number of aryl methyl sites for hydroxylation is 1. The van der Waals surface area contributed by atoms with Crippen LogP contribution in [-0.4, -0.2) is 72.6 Å². The lowest BCUT2D eigenvalue weighted by molar-refractivity contribution is -0.138. The predicted molar refractivity (Wildman–Crippen MR) is 79.4 cm³/mol. The molecule has 1 fully saturated rings. The van der Waals surface area contributed by atoms with E-state index in [9.17, 15) is 14.4 Å². The fourth-order valence-corrected chi connectivity index (χ4v) is 2.16. The van der Waals surface area contributed by atoms with Crippen LogP contribution in [0.5, 0.6) is 0 Å². The zero-order valence-electron chi connectivity index (χ0n) is 13.4. The first-order chi connectivity index (χ1) is 10.8. The molecule has 0 saturated carbocycles. The van der Waals surface area contributed by atoms with Crippen molar-refractivity contribution in [2.45, 2.75) is 19.4 Å². The summed E-state index contributed by atoms with van der Waals surface area (Å²) in [6, 6.07) is 1.26. The minimum absolute atomic E-state index is 0.0146. The smallest absolute Gasteiger partial charge is 0.339 e. The summed E-state index contributed by atoms with van der Waals surface area (Å²) in [5, 5.41) is 9.07. The van der Waals surface area contributed by atoms with E-state index in [0.29, 0.717) is 19.5 Å². The van der Waals surface area contributed by atoms with Crippen molar-refractivity contribution in [3.8, 4) is 0 Å². The van der Waals surface area contributed by atoms with Crippen LogP contribution in [0.1, 0.15) is 33.6 Å². The number of hydrogen-bond acceptors (Lipinski definition) is 5. The Bertz CT molecular complexity index is 615. The zero-order valence-corrected chi connectivity index (χ0v) is 13.4. The summed E-state index contributed by atoms with van der Waals surface area (Å²) >= 11 is 0. The van der Waals surface area contributed by atoms with Crippen molar-refractivity contribution in [2.75, 3.05) is 33.8 Å². The Kier molecular flexibility index (Phi) is 5.05. The van der Waals surface area contributed by atoms with Gasteiger partial charge in [0.15, 0.2) is 5.76 Å². The Morgan fingerprint density at radius 2 is 2.04 bits per heavy atom. The number of ether oxygens (including phenoxy) is 1. The molecule has 0 unspecified atom stereocenters. The van der Waals surface area contributed by atoms with Crippen molar-refractivity contribution in [3.05, 3.63) is 23.2 Å². The lowest BCUT2D eigenvalue weighted by Crippen LogP contribution is -2.55. The Labute approximate surface area is 133 Å². The molecule has 0 spiro atoms. The van der Waals surface area contributed by atoms with Gasteiger partial charge in [0.2, 0.25) is 5.91 Å². The van der Waals surface area contributed by atoms with Crippen molar-refractivity contribution in [3.63, 3.8) is 0 Å². The highest BCUT2D eigenvalue weighted by atomic mass is 16.5. The quantitative estimate of drug-likeness (QED) is 0.816. The van der Waals surface area contributed by atoms with Crippen LogP contribution in [0.4, 0.5) is 0 Å². The predicted octanol–water partition coefficient (Wildman–Crippen LogP) is 0.469. The fourth-order valence-electron chi connectivity index (χ4n) is 2.16. The molecule has 0 bridgehead atoms. The third kappa shape index (κ3) is 3.70. The average Bonchev–Trinajstić information content (AvgIpc) is 2.89. The number of furan rings is 1. The van der Waals surface area contributed by atoms with Crippen molar-refractivity contribution in [1.29, 1.82) is 0 Å². The van der Waals surface area contributed by atoms with E-state index < -0.39 is 5.97 Å². The maximum absolute atomic E-state index is 12.2. The molecule has 0 atom stereocenters. The number of carbonyl (C=O) groups is 3. The molecule has 0 radical (unpaired) electrons. The van der Waals surface area contributed by atoms with Gasteiger partial charge in [-0.05, 0) is 0 Å². The molecule has 2 amide bonds. The van der Waals surface area contributed by atoms with E-state index in [1.807, 2.05) is 0 Å². The van der Waals surface area contributed by atoms with E-state index in [1.54, 1.807) is 21.0 Å². The highest BCUT2D eigenvalue weighted by Gasteiger charge is 2.34. The number of carboxylic acids is 1. The molecule has 2 heterocycles. The van der Waals surface area contributed by atoms with Crippen LogP contribution >= 0.6 is 0 Å². The van der Waals surface area contributed by atoms with E-state index in [2.05, 4.69) is 0 Å². The molecule has 1 aliphatic heterocycles. The third-order valence-electron chi connectivity index (χ3n) is 3.65. The van der Waals surface area contributed by atoms with Crippen LogP contribution < -0.4 is 0 Å². The second-order valence-electron chi connectivity index (χ2n) is 5.54. The minimum atomic E-state index is -1.11. The zero-order chi connectivity index (χ0) is 17.1. The number of amides is 2. The molecule has 1 aromatic heterocycles. The summed E-state index contributed by atoms with van der Waals surface area (Å²) in [7, 11) is 3.29. The SMILES string of the molecule is CCc1oc(C(=O)N2CC(OCC(=O)N(C)C)C2)cc1C(=O)O. The lowest BCUT2D eigenvalue weighted by atomic mass is 10.1. The first kappa shape index (κ1) is 17.0. The van der Waals surface area contributed by atoms with Crippen molar-refractivity contribution < 1.29 is 28.6 Å². The van der Waals surface area contributed by atoms with Gasteiger partial charge in [0.25, 0.3) is 5.91 Å². The van der Waals surface area contributed by atoms with Gasteiger partial charge in [0, 0.05) is 39.7 Å². The number of likely N-dealkylation sites (N-methyl/N-ethyl adjacent to an activating group) is 1. The second-order valence-corrected chi connectivity index (χ2v) is 5.54. The topological polar surface area (TPSA) is 100 Å². The van der Waals surface area contributed by atoms with Gasteiger partial charge in [-0.3, -0.25) is 9.59 Å². The number of aromatic carboxylic acids is 1. The normalized spacial score (nSPS) is 14.5. The van der Waals surface area contributed by atoms with E-state index in [4.69, 9.17) is 14.3 Å². The minimum Gasteiger partial charge on any atom is -0.478 e. The van der Waals surface area contributed by atoms with Crippen LogP contribution in [0.2, 0.25) is 0 Å². The molecule has 0 aliphatic carbocycles. The first-order valence-corrected chi connectivity index (χ1v) is 7.30. The molecule has 8 nitrogen and oxygen atoms in total. The molecule has 8 heteroatoms. The fraction of sp³-hybridized carbons (Fsp3) is 0.533. The van der Waals surface area contributed by atoms with Crippen molar-refractivity contribution in [2.24, 2.45) is 0 Å². The summed E-state index contributed by atoms with van der Waals surface area (Å²) in [6.07, 6.45) is 0.204. The summed E-state index contributed by atoms with van der Waals surface area (Å²) in [4.78, 5) is 37.7. The highest BCUT2D eigenvalue weighted by molar-refractivity contribution is 5.96. The van der Waals surface area contributed by atoms with Crippen LogP contribution in [0.25, 0.3) is 0 Å². The average molecular weight is 324 g/mol. The molecule has 1 aliphatic rings. The second kappa shape index (κ2) is 6.82. The lowest BCUT2D eigenvalue weighted by Gasteiger charge is -2.38. The summed E-state index contributed by atoms with van der Waals surface area (Å²) in [5.41, 5.74) is 0.0146. The number of carbonyl (C=O) groups excluding carboxylic acids is 2. The molecule has 1 N–H and O–H groups in total. The van der Waals surface area contributed by atoms with Gasteiger partial charge < -0.3 is 24.1 Å². The van der Waals surface area contributed by atoms with Gasteiger partial charge in [0.1, 0.15) is 17.9 Å². The van der Waals surface area contributed by atoms with Crippen LogP contribution in [0, 0.1) is 0 Å². The summed E-state index contributed by atoms with van der Waals surface area (Å²) < 4.78 is 10.7. The Balaban J connectivity index is 1.89. The number of hydrogen-bond donors (Lipinski definition) is 1. The monoisotopic (exact) mass is 324 g/mol. The van der Waals surface area contributed by atoms with E-state index in [0.717, 1.165) is 0 Å². The van der Waals surface area contributed by atoms with Crippen LogP contribution in [-0.2, 0) is 16.0 Å². The van der Waals surface area contributed by atoms with Gasteiger partial charge in [-0.15, -0.1) is 0 Å². The third-order valence-corrected chi connectivity index (χ3v) is 3.65. The highest BCUT2D eigenvalue weighted by Crippen LogP contribution is 2.21. The van der Waals surface area contributed by atoms with Crippen LogP contribution in [0.15, 0.2) is 10.5 Å². The van der Waals surface area contributed by atoms with Gasteiger partial charge in [-0.2, -0.15) is 0 Å². The molecular weight excluding hydrogens is 304 g/mol. The van der Waals surface area contributed by atoms with Gasteiger partial charge in [0.05, 0.1) is 6.10 Å². The summed E-state index contributed by atoms with van der Waals surface area (Å²) in [5.74, 6) is -1.32. The van der Waals surface area contributed by atoms with Gasteiger partial charge in [-0.1, -0.05) is 6.92 Å². The number of rotatable bonds is 6. The molecule has 23 heavy (non-hydrogen) atoms. The number of carboxylic acid groups (broad SMARTS) is 1. The number of nitrogens with zero attached hydrogens (tertiary/aromatic N) is 2. The molecule has 1 aromatic rings. The molecule has 126 valence electrons. The molecular formula is C15H20N2O6. The Hall–Kier alpha value is -2.35. The maximum Gasteiger partial charge on any atom is 0.339 e. The molecule has 0 aromatic carbocycles. The standard InChI is InChI=1S/C15H20N2O6/c1-4-11-10(15(20)21)5-12(23-11)14(19)17-6-9(7-17)22-8-13(18)16(2)3/h5,9H,4,6-8H2,1-3H3,(H,20,21). The maximum atomic E-state index is 12.2. The molecule has 1 saturated heterocycles. The largest absolute Gasteiger partial charge is 0.478 e. The van der Waals surface area contributed by atoms with Crippen molar-refractivity contribution >= 4 is 17.8 Å². The Morgan fingerprint density at radius 3 is 2.52 bits per heavy atom. The van der Waals surface area contributed by atoms with E-state index >= 15 is 0 Å². The van der Waals surface area contributed by atoms with Gasteiger partial charge >= 0.3 is 5.97 Å². The van der Waals surface area contributed by atoms with E-state index in [-0.39, 0.29) is 41.6 Å². The van der Waals surface area contributed by atoms with E-state index in [1.165, 1.54) is 15.9 Å². The summed E-state index contributed by atoms with van der Waals surface area (Å²) in [6.45, 7) is 2.44.